The van der Waals surface area contributed by atoms with E-state index in [1.807, 2.05) is 0 Å². The van der Waals surface area contributed by atoms with Crippen LogP contribution in [0, 0.1) is 0 Å². The fraction of sp³-hybridized carbons (Fsp3) is 0.379. The number of benzene rings is 2. The minimum Gasteiger partial charge on any atom is -0.609 e. The Morgan fingerprint density at radius 2 is 1.78 bits per heavy atom. The molecule has 16 heteroatoms. The maximum Gasteiger partial charge on any atom is 0.387 e. The molecule has 4 aromatic rings. The summed E-state index contributed by atoms with van der Waals surface area (Å²) in [6, 6.07) is 11.0. The summed E-state index contributed by atoms with van der Waals surface area (Å²) in [7, 11) is -1.62. The van der Waals surface area contributed by atoms with E-state index in [4.69, 9.17) is 18.9 Å². The van der Waals surface area contributed by atoms with Crippen LogP contribution in [0.5, 0.6) is 23.0 Å². The Morgan fingerprint density at radius 3 is 2.47 bits per heavy atom. The standard InChI is InChI=1S/C29H32F2N4O8S2/c1-39-26-10-11-32-24(27(26)40-2)19-44(36)29-33-23-9-6-21(43-28(30)31)18-25(23)35(29)45(37,38)22-7-4-20(5-8-22)42-15-3-12-34-13-16-41-17-14-34/h4-11,18,28H,3,12-17,19H2,1-2H3. The number of rotatable bonds is 14. The summed E-state index contributed by atoms with van der Waals surface area (Å²) >= 11 is -2.10. The molecule has 0 N–H and O–H groups in total. The Bertz CT molecular complexity index is 1700. The van der Waals surface area contributed by atoms with Gasteiger partial charge in [0.15, 0.2) is 17.3 Å². The van der Waals surface area contributed by atoms with Gasteiger partial charge in [-0.3, -0.25) is 9.88 Å². The number of hydrogen-bond donors (Lipinski definition) is 0. The summed E-state index contributed by atoms with van der Waals surface area (Å²) in [5.74, 6) is 0.476. The van der Waals surface area contributed by atoms with Crippen molar-refractivity contribution in [2.75, 3.05) is 53.7 Å². The molecule has 5 rings (SSSR count). The number of methoxy groups -OCH3 is 2. The molecule has 1 saturated heterocycles. The highest BCUT2D eigenvalue weighted by atomic mass is 32.2. The van der Waals surface area contributed by atoms with Crippen molar-refractivity contribution >= 4 is 32.2 Å². The molecule has 12 nitrogen and oxygen atoms in total. The highest BCUT2D eigenvalue weighted by Crippen LogP contribution is 2.34. The molecular formula is C29H32F2N4O8S2. The number of halogens is 2. The molecule has 45 heavy (non-hydrogen) atoms. The summed E-state index contributed by atoms with van der Waals surface area (Å²) in [5.41, 5.74) is 0.253. The Balaban J connectivity index is 1.44. The van der Waals surface area contributed by atoms with Crippen molar-refractivity contribution in [3.8, 4) is 23.0 Å². The zero-order valence-electron chi connectivity index (χ0n) is 24.6. The molecule has 2 aromatic heterocycles. The molecule has 0 amide bonds. The minimum absolute atomic E-state index is 0.0921. The lowest BCUT2D eigenvalue weighted by Gasteiger charge is -2.26. The highest BCUT2D eigenvalue weighted by Gasteiger charge is 2.33. The van der Waals surface area contributed by atoms with E-state index < -0.39 is 27.8 Å². The van der Waals surface area contributed by atoms with Crippen LogP contribution < -0.4 is 18.9 Å². The van der Waals surface area contributed by atoms with E-state index in [9.17, 15) is 21.8 Å². The van der Waals surface area contributed by atoms with Crippen molar-refractivity contribution in [3.63, 3.8) is 0 Å². The van der Waals surface area contributed by atoms with E-state index in [-0.39, 0.29) is 44.0 Å². The largest absolute Gasteiger partial charge is 0.609 e. The van der Waals surface area contributed by atoms with Crippen molar-refractivity contribution < 1.29 is 45.4 Å². The van der Waals surface area contributed by atoms with Gasteiger partial charge >= 0.3 is 11.8 Å². The van der Waals surface area contributed by atoms with Gasteiger partial charge in [0, 0.05) is 49.1 Å². The summed E-state index contributed by atoms with van der Waals surface area (Å²) in [4.78, 5) is 10.7. The zero-order valence-corrected chi connectivity index (χ0v) is 26.2. The van der Waals surface area contributed by atoms with Gasteiger partial charge in [-0.15, -0.1) is 0 Å². The number of aromatic nitrogens is 3. The average molecular weight is 667 g/mol. The fourth-order valence-corrected chi connectivity index (χ4v) is 7.77. The summed E-state index contributed by atoms with van der Waals surface area (Å²) in [6.07, 6.45) is 2.22. The van der Waals surface area contributed by atoms with Crippen molar-refractivity contribution in [1.82, 2.24) is 18.8 Å². The van der Waals surface area contributed by atoms with Gasteiger partial charge < -0.3 is 28.2 Å². The van der Waals surface area contributed by atoms with Gasteiger partial charge in [-0.25, -0.2) is 8.42 Å². The van der Waals surface area contributed by atoms with Gasteiger partial charge in [0.2, 0.25) is 0 Å². The van der Waals surface area contributed by atoms with Crippen LogP contribution in [0.1, 0.15) is 12.1 Å². The quantitative estimate of drug-likeness (QED) is 0.144. The van der Waals surface area contributed by atoms with Crippen LogP contribution in [0.4, 0.5) is 8.78 Å². The summed E-state index contributed by atoms with van der Waals surface area (Å²) < 4.78 is 95.1. The molecule has 3 heterocycles. The van der Waals surface area contributed by atoms with Gasteiger partial charge in [0.1, 0.15) is 17.2 Å². The van der Waals surface area contributed by atoms with E-state index in [1.165, 1.54) is 56.8 Å². The van der Waals surface area contributed by atoms with Gasteiger partial charge in [0.05, 0.1) is 50.0 Å². The monoisotopic (exact) mass is 666 g/mol. The lowest BCUT2D eigenvalue weighted by Crippen LogP contribution is -2.37. The van der Waals surface area contributed by atoms with Crippen molar-refractivity contribution in [1.29, 1.82) is 0 Å². The third kappa shape index (κ3) is 7.58. The Kier molecular flexibility index (Phi) is 10.6. The number of morpholine rings is 1. The number of fused-ring (bicyclic) bond motifs is 1. The van der Waals surface area contributed by atoms with Crippen LogP contribution in [-0.4, -0.2) is 92.1 Å². The van der Waals surface area contributed by atoms with Crippen LogP contribution in [0.2, 0.25) is 0 Å². The first-order valence-electron chi connectivity index (χ1n) is 13.9. The fourth-order valence-electron chi connectivity index (χ4n) is 4.82. The predicted molar refractivity (Wildman–Crippen MR) is 160 cm³/mol. The molecule has 0 bridgehead atoms. The molecule has 242 valence electrons. The molecule has 1 aliphatic heterocycles. The second-order valence-corrected chi connectivity index (χ2v) is 12.9. The number of nitrogens with zero attached hydrogens (tertiary/aromatic N) is 4. The van der Waals surface area contributed by atoms with Crippen LogP contribution in [-0.2, 0) is 31.7 Å². The lowest BCUT2D eigenvalue weighted by atomic mass is 10.3. The van der Waals surface area contributed by atoms with Gasteiger partial charge in [0.25, 0.3) is 10.0 Å². The van der Waals surface area contributed by atoms with Gasteiger partial charge in [-0.1, -0.05) is 0 Å². The van der Waals surface area contributed by atoms with E-state index in [2.05, 4.69) is 19.6 Å². The van der Waals surface area contributed by atoms with E-state index in [0.717, 1.165) is 36.1 Å². The predicted octanol–water partition coefficient (Wildman–Crippen LogP) is 3.70. The molecule has 1 fully saturated rings. The lowest BCUT2D eigenvalue weighted by molar-refractivity contribution is -0.0497. The maximum absolute atomic E-state index is 14.1. The summed E-state index contributed by atoms with van der Waals surface area (Å²) in [6.45, 7) is 1.33. The van der Waals surface area contributed by atoms with Crippen molar-refractivity contribution in [2.24, 2.45) is 0 Å². The van der Waals surface area contributed by atoms with Crippen LogP contribution in [0.3, 0.4) is 0 Å². The van der Waals surface area contributed by atoms with Gasteiger partial charge in [-0.05, 0) is 42.8 Å². The molecule has 2 aromatic carbocycles. The third-order valence-electron chi connectivity index (χ3n) is 6.97. The topological polar surface area (TPSA) is 137 Å². The SMILES string of the molecule is COc1ccnc(C[S+]([O-])c2nc3ccc(OC(F)F)cc3n2S(=O)(=O)c2ccc(OCCCN3CCOCC3)cc2)c1OC. The Morgan fingerprint density at radius 1 is 1.04 bits per heavy atom. The number of hydrogen-bond acceptors (Lipinski definition) is 11. The molecule has 0 saturated carbocycles. The van der Waals surface area contributed by atoms with E-state index in [1.54, 1.807) is 6.07 Å². The zero-order chi connectivity index (χ0) is 32.0. The number of pyridine rings is 1. The van der Waals surface area contributed by atoms with E-state index in [0.29, 0.717) is 31.3 Å². The molecule has 1 aliphatic rings. The van der Waals surface area contributed by atoms with Crippen LogP contribution in [0.15, 0.2) is 64.8 Å². The number of alkyl halides is 2. The van der Waals surface area contributed by atoms with E-state index >= 15 is 0 Å². The van der Waals surface area contributed by atoms with Crippen molar-refractivity contribution in [2.45, 2.75) is 28.8 Å². The second-order valence-electron chi connectivity index (χ2n) is 9.80. The molecule has 0 radical (unpaired) electrons. The minimum atomic E-state index is -4.45. The number of ether oxygens (including phenoxy) is 5. The number of imidazole rings is 1. The molecule has 1 unspecified atom stereocenters. The normalized spacial score (nSPS) is 14.9. The van der Waals surface area contributed by atoms with Gasteiger partial charge in [-0.2, -0.15) is 17.7 Å². The smallest absolute Gasteiger partial charge is 0.387 e. The maximum atomic E-state index is 14.1. The first-order valence-corrected chi connectivity index (χ1v) is 16.7. The molecule has 1 atom stereocenters. The highest BCUT2D eigenvalue weighted by molar-refractivity contribution is 7.93. The molecule has 0 spiro atoms. The summed E-state index contributed by atoms with van der Waals surface area (Å²) in [5, 5.41) is -0.339. The van der Waals surface area contributed by atoms with Crippen molar-refractivity contribution in [3.05, 3.63) is 60.4 Å². The Labute approximate surface area is 262 Å². The molecular weight excluding hydrogens is 634 g/mol. The third-order valence-corrected chi connectivity index (χ3v) is 10.0. The first-order chi connectivity index (χ1) is 21.7. The average Bonchev–Trinajstić information content (AvgIpc) is 3.43. The molecule has 0 aliphatic carbocycles. The first kappa shape index (κ1) is 32.7. The van der Waals surface area contributed by atoms with Crippen LogP contribution in [0.25, 0.3) is 11.0 Å². The Hall–Kier alpha value is -3.70. The second kappa shape index (κ2) is 14.6. The van der Waals surface area contributed by atoms with Crippen LogP contribution >= 0.6 is 0 Å².